The van der Waals surface area contributed by atoms with Crippen molar-refractivity contribution < 1.29 is 0 Å². The second-order valence-electron chi connectivity index (χ2n) is 9.62. The van der Waals surface area contributed by atoms with E-state index in [1.54, 1.807) is 6.33 Å². The van der Waals surface area contributed by atoms with Crippen LogP contribution in [0.4, 0.5) is 0 Å². The van der Waals surface area contributed by atoms with E-state index in [-0.39, 0.29) is 5.41 Å². The van der Waals surface area contributed by atoms with Crippen LogP contribution in [0.15, 0.2) is 42.9 Å². The summed E-state index contributed by atoms with van der Waals surface area (Å²) in [6.07, 6.45) is 11.8. The van der Waals surface area contributed by atoms with Crippen LogP contribution in [0.25, 0.3) is 17.2 Å². The van der Waals surface area contributed by atoms with Crippen molar-refractivity contribution in [2.75, 3.05) is 0 Å². The number of H-pyrrole nitrogens is 1. The fourth-order valence-corrected chi connectivity index (χ4v) is 3.69. The molecule has 0 saturated heterocycles. The lowest BCUT2D eigenvalue weighted by Gasteiger charge is -2.19. The Kier molecular flexibility index (Phi) is 7.01. The topological polar surface area (TPSA) is 90.1 Å². The Labute approximate surface area is 195 Å². The predicted octanol–water partition coefficient (Wildman–Crippen LogP) is 5.11. The van der Waals surface area contributed by atoms with Gasteiger partial charge in [-0.05, 0) is 46.4 Å². The van der Waals surface area contributed by atoms with E-state index in [0.717, 1.165) is 30.0 Å². The zero-order valence-corrected chi connectivity index (χ0v) is 20.1. The number of hydrogen-bond donors (Lipinski definition) is 1. The first-order valence-electron chi connectivity index (χ1n) is 11.9. The first-order valence-corrected chi connectivity index (χ1v) is 11.9. The molecule has 1 N–H and O–H groups in total. The Bertz CT molecular complexity index is 1120. The number of nitrogens with zero attached hydrogens (tertiary/aromatic N) is 7. The summed E-state index contributed by atoms with van der Waals surface area (Å²) >= 11 is 0. The maximum atomic E-state index is 4.53. The third kappa shape index (κ3) is 5.56. The molecular formula is C25H34N8. The third-order valence-electron chi connectivity index (χ3n) is 5.87. The van der Waals surface area contributed by atoms with Crippen LogP contribution in [-0.4, -0.2) is 40.0 Å². The fraction of sp³-hybridized carbons (Fsp3) is 0.480. The van der Waals surface area contributed by atoms with Crippen molar-refractivity contribution >= 4 is 0 Å². The number of benzene rings is 1. The van der Waals surface area contributed by atoms with Gasteiger partial charge in [-0.25, -0.2) is 9.67 Å². The molecule has 1 aliphatic rings. The highest BCUT2D eigenvalue weighted by atomic mass is 15.5. The van der Waals surface area contributed by atoms with Gasteiger partial charge in [0.15, 0.2) is 5.82 Å². The molecule has 3 heterocycles. The molecular weight excluding hydrogens is 412 g/mol. The summed E-state index contributed by atoms with van der Waals surface area (Å²) in [6.45, 7) is 9.39. The van der Waals surface area contributed by atoms with Gasteiger partial charge in [-0.1, -0.05) is 65.5 Å². The van der Waals surface area contributed by atoms with Crippen LogP contribution >= 0.6 is 0 Å². The molecule has 0 bridgehead atoms. The van der Waals surface area contributed by atoms with Gasteiger partial charge in [-0.2, -0.15) is 10.3 Å². The van der Waals surface area contributed by atoms with Gasteiger partial charge in [0.1, 0.15) is 6.33 Å². The summed E-state index contributed by atoms with van der Waals surface area (Å²) < 4.78 is 4.00. The lowest BCUT2D eigenvalue weighted by Crippen LogP contribution is -2.13. The molecule has 1 aromatic carbocycles. The lowest BCUT2D eigenvalue weighted by atomic mass is 9.87. The molecule has 0 atom stereocenters. The third-order valence-corrected chi connectivity index (χ3v) is 5.87. The van der Waals surface area contributed by atoms with Gasteiger partial charge in [-0.15, -0.1) is 10.2 Å². The van der Waals surface area contributed by atoms with Crippen LogP contribution in [0, 0.1) is 0 Å². The zero-order valence-electron chi connectivity index (χ0n) is 20.1. The monoisotopic (exact) mass is 446 g/mol. The van der Waals surface area contributed by atoms with Crippen molar-refractivity contribution in [1.82, 2.24) is 40.0 Å². The SMILES string of the molecule is C1CCC1.CCCc1ncn(Cc2ccc(-n3ccc(C(C)(C)C)c3-c3nn[nH]n3)cc2)n1. The molecule has 8 heteroatoms. The van der Waals surface area contributed by atoms with Gasteiger partial charge in [0, 0.05) is 18.3 Å². The lowest BCUT2D eigenvalue weighted by molar-refractivity contribution is 0.504. The number of aromatic nitrogens is 8. The van der Waals surface area contributed by atoms with Crippen LogP contribution in [0.5, 0.6) is 0 Å². The van der Waals surface area contributed by atoms with Crippen LogP contribution in [-0.2, 0) is 18.4 Å². The Hall–Kier alpha value is -3.29. The summed E-state index contributed by atoms with van der Waals surface area (Å²) in [5.41, 5.74) is 4.32. The molecule has 0 spiro atoms. The molecule has 1 saturated carbocycles. The van der Waals surface area contributed by atoms with Crippen molar-refractivity contribution in [2.24, 2.45) is 0 Å². The van der Waals surface area contributed by atoms with Crippen LogP contribution in [0.2, 0.25) is 0 Å². The maximum absolute atomic E-state index is 4.53. The minimum Gasteiger partial charge on any atom is -0.313 e. The van der Waals surface area contributed by atoms with Crippen molar-refractivity contribution in [3.8, 4) is 17.2 Å². The molecule has 4 aromatic rings. The normalized spacial score (nSPS) is 13.3. The second kappa shape index (κ2) is 10.1. The number of nitrogens with one attached hydrogen (secondary N) is 1. The molecule has 5 rings (SSSR count). The van der Waals surface area contributed by atoms with E-state index in [9.17, 15) is 0 Å². The van der Waals surface area contributed by atoms with Crippen molar-refractivity contribution in [3.63, 3.8) is 0 Å². The summed E-state index contributed by atoms with van der Waals surface area (Å²) in [7, 11) is 0. The summed E-state index contributed by atoms with van der Waals surface area (Å²) in [5, 5.41) is 19.3. The molecule has 0 aliphatic heterocycles. The van der Waals surface area contributed by atoms with E-state index in [1.807, 2.05) is 4.68 Å². The highest BCUT2D eigenvalue weighted by Gasteiger charge is 2.25. The maximum Gasteiger partial charge on any atom is 0.221 e. The fourth-order valence-electron chi connectivity index (χ4n) is 3.69. The van der Waals surface area contributed by atoms with Gasteiger partial charge in [0.05, 0.1) is 12.2 Å². The second-order valence-corrected chi connectivity index (χ2v) is 9.62. The molecule has 8 nitrogen and oxygen atoms in total. The van der Waals surface area contributed by atoms with Crippen molar-refractivity contribution in [3.05, 3.63) is 59.8 Å². The van der Waals surface area contributed by atoms with Crippen LogP contribution < -0.4 is 0 Å². The first kappa shape index (κ1) is 22.9. The van der Waals surface area contributed by atoms with Crippen molar-refractivity contribution in [1.29, 1.82) is 0 Å². The van der Waals surface area contributed by atoms with E-state index < -0.39 is 0 Å². The zero-order chi connectivity index (χ0) is 23.3. The number of rotatable bonds is 6. The predicted molar refractivity (Wildman–Crippen MR) is 129 cm³/mol. The van der Waals surface area contributed by atoms with Gasteiger partial charge >= 0.3 is 0 Å². The Morgan fingerprint density at radius 3 is 2.30 bits per heavy atom. The van der Waals surface area contributed by atoms with E-state index >= 15 is 0 Å². The van der Waals surface area contributed by atoms with E-state index in [1.165, 1.54) is 36.8 Å². The van der Waals surface area contributed by atoms with E-state index in [4.69, 9.17) is 0 Å². The van der Waals surface area contributed by atoms with Crippen LogP contribution in [0.1, 0.15) is 76.8 Å². The number of tetrazole rings is 1. The molecule has 0 unspecified atom stereocenters. The molecule has 3 aromatic heterocycles. The summed E-state index contributed by atoms with van der Waals surface area (Å²) in [5.74, 6) is 1.49. The smallest absolute Gasteiger partial charge is 0.221 e. The highest BCUT2D eigenvalue weighted by molar-refractivity contribution is 5.62. The van der Waals surface area contributed by atoms with Gasteiger partial charge in [0.2, 0.25) is 5.82 Å². The summed E-state index contributed by atoms with van der Waals surface area (Å²) in [6, 6.07) is 10.6. The van der Waals surface area contributed by atoms with Crippen molar-refractivity contribution in [2.45, 2.75) is 78.2 Å². The first-order chi connectivity index (χ1) is 16.0. The minimum atomic E-state index is -0.0373. The Morgan fingerprint density at radius 2 is 1.73 bits per heavy atom. The van der Waals surface area contributed by atoms with Gasteiger partial charge in [0.25, 0.3) is 0 Å². The average molecular weight is 447 g/mol. The number of aromatic amines is 1. The number of aryl methyl sites for hydroxylation is 1. The molecule has 0 amide bonds. The molecule has 1 fully saturated rings. The van der Waals surface area contributed by atoms with E-state index in [0.29, 0.717) is 12.4 Å². The van der Waals surface area contributed by atoms with E-state index in [2.05, 4.69) is 99.5 Å². The average Bonchev–Trinajstić information content (AvgIpc) is 3.47. The highest BCUT2D eigenvalue weighted by Crippen LogP contribution is 2.34. The summed E-state index contributed by atoms with van der Waals surface area (Å²) in [4.78, 5) is 4.36. The number of hydrogen-bond acceptors (Lipinski definition) is 5. The molecule has 174 valence electrons. The minimum absolute atomic E-state index is 0.0373. The van der Waals surface area contributed by atoms with Gasteiger partial charge < -0.3 is 4.57 Å². The Balaban J connectivity index is 0.000000586. The molecule has 1 aliphatic carbocycles. The van der Waals surface area contributed by atoms with Crippen LogP contribution in [0.3, 0.4) is 0 Å². The van der Waals surface area contributed by atoms with Gasteiger partial charge in [-0.3, -0.25) is 0 Å². The largest absolute Gasteiger partial charge is 0.313 e. The quantitative estimate of drug-likeness (QED) is 0.445. The standard InChI is InChI=1S/C21H26N8.C4H8/c1-5-6-18-22-14-28(25-18)13-15-7-9-16(10-8-15)29-12-11-17(21(2,3)4)19(29)20-23-26-27-24-20;1-2-4-3-1/h7-12,14H,5-6,13H2,1-4H3,(H,23,24,26,27);1-4H2. The Morgan fingerprint density at radius 1 is 1.00 bits per heavy atom. The molecule has 33 heavy (non-hydrogen) atoms. The molecule has 0 radical (unpaired) electrons.